The molecule has 1 amide bonds. The maximum absolute atomic E-state index is 13.4. The van der Waals surface area contributed by atoms with Gasteiger partial charge in [-0.05, 0) is 123 Å². The first-order chi connectivity index (χ1) is 20.0. The van der Waals surface area contributed by atoms with Gasteiger partial charge in [-0.1, -0.05) is 42.7 Å². The molecule has 0 radical (unpaired) electrons. The lowest BCUT2D eigenvalue weighted by atomic mass is 9.68. The van der Waals surface area contributed by atoms with Gasteiger partial charge in [-0.25, -0.2) is 0 Å². The van der Waals surface area contributed by atoms with E-state index in [-0.39, 0.29) is 17.2 Å². The SMILES string of the molecule is O=C1NS[C@@H](CC2CC2)CC/C=C\[C@H](O)[C@@H]2CC[C@H]2CN2C[C@@]3(CCCc4cc(Cl)ccc43)COc3ccc1cc32. The van der Waals surface area contributed by atoms with Crippen LogP contribution < -0.4 is 14.4 Å². The Balaban J connectivity index is 1.24. The summed E-state index contributed by atoms with van der Waals surface area (Å²) in [6.45, 7) is 2.28. The predicted molar refractivity (Wildman–Crippen MR) is 167 cm³/mol. The summed E-state index contributed by atoms with van der Waals surface area (Å²) >= 11 is 8.00. The van der Waals surface area contributed by atoms with Gasteiger partial charge >= 0.3 is 0 Å². The molecule has 5 nitrogen and oxygen atoms in total. The number of hydrogen-bond acceptors (Lipinski definition) is 5. The second-order valence-corrected chi connectivity index (χ2v) is 14.7. The monoisotopic (exact) mass is 592 g/mol. The lowest BCUT2D eigenvalue weighted by Gasteiger charge is -2.45. The van der Waals surface area contributed by atoms with E-state index in [0.29, 0.717) is 23.3 Å². The van der Waals surface area contributed by atoms with E-state index in [1.54, 1.807) is 11.9 Å². The Morgan fingerprint density at radius 2 is 2.02 bits per heavy atom. The number of hydrogen-bond donors (Lipinski definition) is 2. The van der Waals surface area contributed by atoms with Gasteiger partial charge in [0.1, 0.15) is 5.75 Å². The number of halogens is 1. The molecular formula is C34H41ClN2O3S. The Morgan fingerprint density at radius 1 is 1.12 bits per heavy atom. The normalized spacial score (nSPS) is 32.5. The number of nitrogens with zero attached hydrogens (tertiary/aromatic N) is 1. The number of nitrogens with one attached hydrogen (secondary N) is 1. The molecular weight excluding hydrogens is 552 g/mol. The van der Waals surface area contributed by atoms with Crippen LogP contribution >= 0.6 is 23.5 Å². The summed E-state index contributed by atoms with van der Waals surface area (Å²) in [5.74, 6) is 2.27. The molecule has 2 aromatic rings. The maximum Gasteiger partial charge on any atom is 0.261 e. The Hall–Kier alpha value is -2.15. The van der Waals surface area contributed by atoms with Crippen molar-refractivity contribution in [2.45, 2.75) is 81.0 Å². The number of allylic oxidation sites excluding steroid dienone is 1. The third-order valence-corrected chi connectivity index (χ3v) is 11.6. The lowest BCUT2D eigenvalue weighted by Crippen LogP contribution is -2.49. The van der Waals surface area contributed by atoms with E-state index in [4.69, 9.17) is 16.3 Å². The molecule has 2 heterocycles. The minimum Gasteiger partial charge on any atom is -0.490 e. The molecule has 2 bridgehead atoms. The van der Waals surface area contributed by atoms with Crippen LogP contribution in [-0.4, -0.2) is 42.1 Å². The van der Waals surface area contributed by atoms with E-state index in [2.05, 4.69) is 27.8 Å². The Bertz CT molecular complexity index is 1330. The molecule has 5 aliphatic rings. The van der Waals surface area contributed by atoms with Gasteiger partial charge in [0, 0.05) is 34.3 Å². The van der Waals surface area contributed by atoms with Gasteiger partial charge in [0.15, 0.2) is 0 Å². The Morgan fingerprint density at radius 3 is 2.85 bits per heavy atom. The van der Waals surface area contributed by atoms with Crippen molar-refractivity contribution in [3.63, 3.8) is 0 Å². The van der Waals surface area contributed by atoms with Gasteiger partial charge in [-0.15, -0.1) is 0 Å². The summed E-state index contributed by atoms with van der Waals surface area (Å²) < 4.78 is 9.81. The molecule has 0 aromatic heterocycles. The average molecular weight is 593 g/mol. The minimum absolute atomic E-state index is 0.0326. The summed E-state index contributed by atoms with van der Waals surface area (Å²) in [5, 5.41) is 12.4. The lowest BCUT2D eigenvalue weighted by molar-refractivity contribution is 0.0456. The van der Waals surface area contributed by atoms with Crippen molar-refractivity contribution in [2.24, 2.45) is 17.8 Å². The molecule has 218 valence electrons. The number of carbonyl (C=O) groups excluding carboxylic acids is 1. The number of rotatable bonds is 2. The van der Waals surface area contributed by atoms with Crippen LogP contribution in [0.1, 0.15) is 79.3 Å². The van der Waals surface area contributed by atoms with Crippen molar-refractivity contribution < 1.29 is 14.6 Å². The number of anilines is 1. The summed E-state index contributed by atoms with van der Waals surface area (Å²) in [4.78, 5) is 15.9. The molecule has 7 heteroatoms. The number of amides is 1. The Kier molecular flexibility index (Phi) is 7.76. The number of benzene rings is 2. The topological polar surface area (TPSA) is 61.8 Å². The zero-order valence-electron chi connectivity index (χ0n) is 23.7. The van der Waals surface area contributed by atoms with Crippen LogP contribution in [0.2, 0.25) is 5.02 Å². The van der Waals surface area contributed by atoms with Gasteiger partial charge in [0.25, 0.3) is 5.91 Å². The summed E-state index contributed by atoms with van der Waals surface area (Å²) in [6, 6.07) is 12.3. The highest BCUT2D eigenvalue weighted by molar-refractivity contribution is 7.98. The van der Waals surface area contributed by atoms with E-state index in [1.165, 1.54) is 24.0 Å². The van der Waals surface area contributed by atoms with Crippen molar-refractivity contribution in [2.75, 3.05) is 24.6 Å². The first-order valence-electron chi connectivity index (χ1n) is 15.6. The number of fused-ring (bicyclic) bond motifs is 4. The quantitative estimate of drug-likeness (QED) is 0.288. The van der Waals surface area contributed by atoms with Crippen LogP contribution in [0.4, 0.5) is 5.69 Å². The first-order valence-corrected chi connectivity index (χ1v) is 16.8. The summed E-state index contributed by atoms with van der Waals surface area (Å²) in [5.41, 5.74) is 4.20. The molecule has 2 N–H and O–H groups in total. The van der Waals surface area contributed by atoms with E-state index in [0.717, 1.165) is 86.8 Å². The van der Waals surface area contributed by atoms with Crippen LogP contribution in [0.5, 0.6) is 5.75 Å². The molecule has 0 unspecified atom stereocenters. The smallest absolute Gasteiger partial charge is 0.261 e. The van der Waals surface area contributed by atoms with Gasteiger partial charge in [-0.2, -0.15) is 0 Å². The fourth-order valence-electron chi connectivity index (χ4n) is 7.62. The van der Waals surface area contributed by atoms with Crippen LogP contribution in [0.3, 0.4) is 0 Å². The summed E-state index contributed by atoms with van der Waals surface area (Å²) in [7, 11) is 0. The minimum atomic E-state index is -0.406. The second-order valence-electron chi connectivity index (χ2n) is 13.1. The average Bonchev–Trinajstić information content (AvgIpc) is 3.78. The van der Waals surface area contributed by atoms with Gasteiger partial charge in [0.2, 0.25) is 0 Å². The zero-order chi connectivity index (χ0) is 28.0. The van der Waals surface area contributed by atoms with Crippen LogP contribution in [0, 0.1) is 17.8 Å². The molecule has 41 heavy (non-hydrogen) atoms. The highest BCUT2D eigenvalue weighted by atomic mass is 35.5. The molecule has 3 aliphatic carbocycles. The molecule has 2 saturated carbocycles. The highest BCUT2D eigenvalue weighted by Crippen LogP contribution is 2.47. The summed E-state index contributed by atoms with van der Waals surface area (Å²) in [6.07, 6.45) is 14.9. The fraction of sp³-hybridized carbons (Fsp3) is 0.559. The standard InChI is InChI=1S/C34H41ClN2O3S/c35-26-11-13-29-23(17-26)4-3-15-34(29)20-37-19-25-9-12-28(25)31(38)6-2-1-5-27(16-22-7-8-22)41-36-33(39)24-10-14-32(40-21-34)30(37)18-24/h2,6,10-11,13-14,17-18,22,25,27-28,31,38H,1,3-5,7-9,12,15-16,19-21H2,(H,36,39)/b6-2-/t25-,27+,28+,31-,34-/m0/s1. The van der Waals surface area contributed by atoms with E-state index in [1.807, 2.05) is 30.3 Å². The predicted octanol–water partition coefficient (Wildman–Crippen LogP) is 7.10. The number of carbonyl (C=O) groups is 1. The number of aliphatic hydroxyl groups is 1. The third kappa shape index (κ3) is 5.77. The largest absolute Gasteiger partial charge is 0.490 e. The molecule has 2 aliphatic heterocycles. The van der Waals surface area contributed by atoms with E-state index < -0.39 is 6.10 Å². The Labute approximate surface area is 253 Å². The van der Waals surface area contributed by atoms with Crippen molar-refractivity contribution >= 4 is 35.1 Å². The first kappa shape index (κ1) is 27.7. The highest BCUT2D eigenvalue weighted by Gasteiger charge is 2.44. The van der Waals surface area contributed by atoms with Crippen LogP contribution in [0.25, 0.3) is 0 Å². The number of ether oxygens (including phenoxy) is 1. The molecule has 2 aromatic carbocycles. The van der Waals surface area contributed by atoms with Crippen molar-refractivity contribution in [3.05, 3.63) is 70.3 Å². The third-order valence-electron chi connectivity index (χ3n) is 10.3. The zero-order valence-corrected chi connectivity index (χ0v) is 25.3. The molecule has 1 spiro atoms. The molecule has 2 fully saturated rings. The van der Waals surface area contributed by atoms with E-state index >= 15 is 0 Å². The maximum atomic E-state index is 13.4. The van der Waals surface area contributed by atoms with Gasteiger partial charge in [0.05, 0.1) is 18.4 Å². The molecule has 7 rings (SSSR count). The number of aliphatic hydroxyl groups excluding tert-OH is 1. The number of aryl methyl sites for hydroxylation is 1. The van der Waals surface area contributed by atoms with Crippen molar-refractivity contribution in [3.8, 4) is 5.75 Å². The van der Waals surface area contributed by atoms with Crippen LogP contribution in [-0.2, 0) is 11.8 Å². The van der Waals surface area contributed by atoms with Crippen molar-refractivity contribution in [1.82, 2.24) is 4.72 Å². The van der Waals surface area contributed by atoms with Gasteiger partial charge < -0.3 is 14.7 Å². The second kappa shape index (κ2) is 11.5. The van der Waals surface area contributed by atoms with Crippen molar-refractivity contribution in [1.29, 1.82) is 0 Å². The van der Waals surface area contributed by atoms with Crippen LogP contribution in [0.15, 0.2) is 48.6 Å². The van der Waals surface area contributed by atoms with E-state index in [9.17, 15) is 9.90 Å². The fourth-order valence-corrected chi connectivity index (χ4v) is 8.82. The molecule has 0 saturated heterocycles. The van der Waals surface area contributed by atoms with Gasteiger partial charge in [-0.3, -0.25) is 9.52 Å². The molecule has 5 atom stereocenters.